The Morgan fingerprint density at radius 3 is 2.27 bits per heavy atom. The number of amides is 4. The second-order valence-electron chi connectivity index (χ2n) is 18.6. The Morgan fingerprint density at radius 1 is 0.810 bits per heavy atom. The van der Waals surface area contributed by atoms with Crippen LogP contribution < -0.4 is 10.6 Å². The number of aliphatic hydroxyl groups excluding tert-OH is 1. The van der Waals surface area contributed by atoms with Crippen molar-refractivity contribution in [3.8, 4) is 11.1 Å². The molecule has 3 aliphatic heterocycles. The number of imide groups is 1. The number of fused-ring (bicyclic) bond motifs is 1. The molecule has 63 heavy (non-hydrogen) atoms. The maximum Gasteiger partial charge on any atom is 0.408 e. The molecule has 12 heteroatoms. The molecule has 8 rings (SSSR count). The third-order valence-corrected chi connectivity index (χ3v) is 12.9. The molecule has 0 bridgehead atoms. The summed E-state index contributed by atoms with van der Waals surface area (Å²) in [7, 11) is 0. The Bertz CT molecular complexity index is 2230. The first-order valence-corrected chi connectivity index (χ1v) is 22.5. The molecule has 4 aliphatic rings. The number of rotatable bonds is 12. The van der Waals surface area contributed by atoms with Gasteiger partial charge in [-0.25, -0.2) is 4.79 Å². The Labute approximate surface area is 370 Å². The molecule has 3 heterocycles. The van der Waals surface area contributed by atoms with Gasteiger partial charge in [-0.15, -0.1) is 0 Å². The first-order valence-electron chi connectivity index (χ1n) is 22.5. The van der Waals surface area contributed by atoms with Crippen LogP contribution in [0.25, 0.3) is 11.1 Å². The molecule has 4 fully saturated rings. The SMILES string of the molecule is CC(C)(C)NC(=O)C1CCC2CCCCC2N1CC1CC(c2ccc(CO)cc2)OC(c2ccc(-c3ccccc3CN3C(=O)CC(NC(=O)OCc4ccccc4)C3=O)cc2)O1. The molecular weight excluding hydrogens is 797 g/mol. The predicted molar refractivity (Wildman–Crippen MR) is 237 cm³/mol. The molecule has 0 radical (unpaired) electrons. The largest absolute Gasteiger partial charge is 0.445 e. The summed E-state index contributed by atoms with van der Waals surface area (Å²) >= 11 is 0. The Kier molecular flexibility index (Phi) is 13.7. The molecule has 0 spiro atoms. The fraction of sp³-hybridized carbons (Fsp3) is 0.451. The van der Waals surface area contributed by atoms with Gasteiger partial charge in [0.15, 0.2) is 6.29 Å². The number of carbonyl (C=O) groups excluding carboxylic acids is 4. The summed E-state index contributed by atoms with van der Waals surface area (Å²) in [4.78, 5) is 56.7. The van der Waals surface area contributed by atoms with E-state index in [4.69, 9.17) is 14.2 Å². The number of hydrogen-bond donors (Lipinski definition) is 3. The van der Waals surface area contributed by atoms with Crippen LogP contribution in [0.4, 0.5) is 4.79 Å². The van der Waals surface area contributed by atoms with Gasteiger partial charge in [0.05, 0.1) is 37.8 Å². The van der Waals surface area contributed by atoms with Crippen LogP contribution in [0.1, 0.15) is 112 Å². The lowest BCUT2D eigenvalue weighted by Gasteiger charge is -2.50. The number of carbonyl (C=O) groups is 4. The molecular formula is C51H60N4O8. The van der Waals surface area contributed by atoms with E-state index >= 15 is 0 Å². The van der Waals surface area contributed by atoms with Gasteiger partial charge in [0.25, 0.3) is 5.91 Å². The zero-order chi connectivity index (χ0) is 44.1. The highest BCUT2D eigenvalue weighted by molar-refractivity contribution is 6.06. The van der Waals surface area contributed by atoms with Crippen molar-refractivity contribution in [2.75, 3.05) is 6.54 Å². The van der Waals surface area contributed by atoms with Crippen molar-refractivity contribution in [3.05, 3.63) is 131 Å². The van der Waals surface area contributed by atoms with Gasteiger partial charge in [0.1, 0.15) is 12.6 Å². The minimum atomic E-state index is -1.01. The number of nitrogens with zero attached hydrogens (tertiary/aromatic N) is 2. The molecule has 4 aromatic rings. The van der Waals surface area contributed by atoms with Gasteiger partial charge in [0.2, 0.25) is 11.8 Å². The lowest BCUT2D eigenvalue weighted by Crippen LogP contribution is -2.61. The molecule has 7 unspecified atom stereocenters. The molecule has 4 amide bonds. The van der Waals surface area contributed by atoms with Crippen molar-refractivity contribution >= 4 is 23.8 Å². The summed E-state index contributed by atoms with van der Waals surface area (Å²) in [5.74, 6) is -0.200. The number of aliphatic hydroxyl groups is 1. The first-order chi connectivity index (χ1) is 30.4. The van der Waals surface area contributed by atoms with Crippen LogP contribution in [-0.4, -0.2) is 75.0 Å². The van der Waals surface area contributed by atoms with E-state index in [0.717, 1.165) is 64.6 Å². The van der Waals surface area contributed by atoms with Crippen LogP contribution >= 0.6 is 0 Å². The molecule has 3 N–H and O–H groups in total. The van der Waals surface area contributed by atoms with Gasteiger partial charge in [0, 0.05) is 30.1 Å². The zero-order valence-electron chi connectivity index (χ0n) is 36.5. The van der Waals surface area contributed by atoms with E-state index in [2.05, 4.69) is 15.5 Å². The molecule has 0 aromatic heterocycles. The maximum absolute atomic E-state index is 13.9. The van der Waals surface area contributed by atoms with Crippen LogP contribution in [0.5, 0.6) is 0 Å². The second kappa shape index (κ2) is 19.6. The van der Waals surface area contributed by atoms with E-state index in [0.29, 0.717) is 24.9 Å². The van der Waals surface area contributed by atoms with Gasteiger partial charge >= 0.3 is 6.09 Å². The standard InChI is InChI=1S/C51H60N4O8/c1-51(2,3)53-47(58)44-26-25-36-13-8-10-16-43(36)54(44)30-40-27-45(37-19-17-33(31-56)18-20-37)63-49(62-40)38-23-21-35(22-24-38)41-15-9-7-14-39(41)29-55-46(57)28-42(48(55)59)52-50(60)61-32-34-11-5-4-6-12-34/h4-7,9,11-12,14-15,17-24,36,40,42-45,49,56H,8,10,13,16,25-32H2,1-3H3,(H,52,60)(H,53,58). The smallest absolute Gasteiger partial charge is 0.408 e. The van der Waals surface area contributed by atoms with E-state index in [1.165, 1.54) is 17.7 Å². The lowest BCUT2D eigenvalue weighted by atomic mass is 9.75. The summed E-state index contributed by atoms with van der Waals surface area (Å²) in [6.07, 6.45) is 5.06. The van der Waals surface area contributed by atoms with Crippen molar-refractivity contribution < 1.29 is 38.5 Å². The Morgan fingerprint density at radius 2 is 1.52 bits per heavy atom. The molecule has 1 saturated carbocycles. The number of likely N-dealkylation sites (tertiary alicyclic amines) is 2. The van der Waals surface area contributed by atoms with E-state index < -0.39 is 24.3 Å². The molecule has 12 nitrogen and oxygen atoms in total. The quantitative estimate of drug-likeness (QED) is 0.121. The summed E-state index contributed by atoms with van der Waals surface area (Å²) in [5, 5.41) is 15.6. The van der Waals surface area contributed by atoms with Crippen LogP contribution in [0.15, 0.2) is 103 Å². The molecule has 7 atom stereocenters. The third kappa shape index (κ3) is 10.7. The summed E-state index contributed by atoms with van der Waals surface area (Å²) < 4.78 is 18.9. The summed E-state index contributed by atoms with van der Waals surface area (Å²) in [5.41, 5.74) is 5.67. The number of piperidine rings is 1. The fourth-order valence-corrected chi connectivity index (χ4v) is 9.79. The van der Waals surface area contributed by atoms with Crippen LogP contribution in [-0.2, 0) is 48.4 Å². The monoisotopic (exact) mass is 856 g/mol. The Hall–Kier alpha value is -5.40. The Balaban J connectivity index is 0.989. The van der Waals surface area contributed by atoms with Gasteiger partial charge in [-0.2, -0.15) is 0 Å². The highest BCUT2D eigenvalue weighted by atomic mass is 16.7. The summed E-state index contributed by atoms with van der Waals surface area (Å²) in [6, 6.07) is 31.8. The number of ether oxygens (including phenoxy) is 3. The highest BCUT2D eigenvalue weighted by Gasteiger charge is 2.45. The van der Waals surface area contributed by atoms with Crippen molar-refractivity contribution in [1.82, 2.24) is 20.4 Å². The van der Waals surface area contributed by atoms with Gasteiger partial charge < -0.3 is 30.0 Å². The maximum atomic E-state index is 13.9. The molecule has 1 aliphatic carbocycles. The fourth-order valence-electron chi connectivity index (χ4n) is 9.79. The molecule has 332 valence electrons. The van der Waals surface area contributed by atoms with Crippen molar-refractivity contribution in [2.45, 2.75) is 134 Å². The summed E-state index contributed by atoms with van der Waals surface area (Å²) in [6.45, 7) is 6.76. The topological polar surface area (TPSA) is 147 Å². The third-order valence-electron chi connectivity index (χ3n) is 12.9. The van der Waals surface area contributed by atoms with E-state index in [1.807, 2.05) is 124 Å². The molecule has 4 aromatic carbocycles. The van der Waals surface area contributed by atoms with E-state index in [1.54, 1.807) is 0 Å². The minimum absolute atomic E-state index is 0.0421. The molecule has 3 saturated heterocycles. The van der Waals surface area contributed by atoms with Crippen molar-refractivity contribution in [2.24, 2.45) is 5.92 Å². The minimum Gasteiger partial charge on any atom is -0.445 e. The number of alkyl carbamates (subject to hydrolysis) is 1. The van der Waals surface area contributed by atoms with Crippen LogP contribution in [0, 0.1) is 5.92 Å². The van der Waals surface area contributed by atoms with Gasteiger partial charge in [-0.3, -0.25) is 24.2 Å². The van der Waals surface area contributed by atoms with E-state index in [-0.39, 0.29) is 61.8 Å². The number of benzene rings is 4. The van der Waals surface area contributed by atoms with Crippen LogP contribution in [0.2, 0.25) is 0 Å². The van der Waals surface area contributed by atoms with Crippen molar-refractivity contribution in [1.29, 1.82) is 0 Å². The van der Waals surface area contributed by atoms with Crippen LogP contribution in [0.3, 0.4) is 0 Å². The number of hydrogen-bond acceptors (Lipinski definition) is 9. The average molecular weight is 857 g/mol. The normalized spacial score (nSPS) is 25.3. The average Bonchev–Trinajstić information content (AvgIpc) is 3.55. The first kappa shape index (κ1) is 44.2. The highest BCUT2D eigenvalue weighted by Crippen LogP contribution is 2.42. The lowest BCUT2D eigenvalue weighted by molar-refractivity contribution is -0.255. The van der Waals surface area contributed by atoms with Gasteiger partial charge in [-0.05, 0) is 85.8 Å². The zero-order valence-corrected chi connectivity index (χ0v) is 36.5. The number of nitrogens with one attached hydrogen (secondary N) is 2. The second-order valence-corrected chi connectivity index (χ2v) is 18.6. The van der Waals surface area contributed by atoms with Gasteiger partial charge in [-0.1, -0.05) is 116 Å². The van der Waals surface area contributed by atoms with E-state index in [9.17, 15) is 24.3 Å². The van der Waals surface area contributed by atoms with Crippen molar-refractivity contribution in [3.63, 3.8) is 0 Å². The predicted octanol–water partition coefficient (Wildman–Crippen LogP) is 7.88.